The molecule has 7 nitrogen and oxygen atoms in total. The first-order chi connectivity index (χ1) is 15.2. The van der Waals surface area contributed by atoms with Gasteiger partial charge in [0.25, 0.3) is 5.91 Å². The van der Waals surface area contributed by atoms with Crippen LogP contribution in [0.1, 0.15) is 35.7 Å². The monoisotopic (exact) mass is 427 g/mol. The predicted octanol–water partition coefficient (Wildman–Crippen LogP) is 3.31. The Balaban J connectivity index is 1.48. The lowest BCUT2D eigenvalue weighted by Gasteiger charge is -2.38. The van der Waals surface area contributed by atoms with Crippen molar-refractivity contribution >= 4 is 5.91 Å². The number of hydrogen-bond acceptors (Lipinski definition) is 6. The Morgan fingerprint density at radius 2 is 1.87 bits per heavy atom. The second-order valence-corrected chi connectivity index (χ2v) is 7.68. The molecule has 0 aliphatic carbocycles. The standard InChI is InChI=1S/C24H29NO6/c1-2-27-13-14-29-20-6-4-3-5-19(20)23(26)25-16-24(9-11-28-12-10-24)18-7-8-21-22(15-18)31-17-30-21/h3-8,15H,2,9-14,16-17H2,1H3,(H,25,26). The fourth-order valence-electron chi connectivity index (χ4n) is 4.04. The highest BCUT2D eigenvalue weighted by molar-refractivity contribution is 5.97. The minimum atomic E-state index is -0.223. The summed E-state index contributed by atoms with van der Waals surface area (Å²) in [6, 6.07) is 13.3. The molecular formula is C24H29NO6. The Morgan fingerprint density at radius 3 is 2.71 bits per heavy atom. The van der Waals surface area contributed by atoms with Gasteiger partial charge in [0, 0.05) is 31.8 Å². The van der Waals surface area contributed by atoms with E-state index < -0.39 is 0 Å². The van der Waals surface area contributed by atoms with Crippen LogP contribution in [0.25, 0.3) is 0 Å². The molecule has 0 aromatic heterocycles. The number of carbonyl (C=O) groups excluding carboxylic acids is 1. The summed E-state index contributed by atoms with van der Waals surface area (Å²) in [5.74, 6) is 1.92. The van der Waals surface area contributed by atoms with Gasteiger partial charge < -0.3 is 29.0 Å². The van der Waals surface area contributed by atoms with Crippen molar-refractivity contribution in [1.82, 2.24) is 5.32 Å². The van der Waals surface area contributed by atoms with Crippen LogP contribution >= 0.6 is 0 Å². The lowest BCUT2D eigenvalue weighted by molar-refractivity contribution is 0.0486. The maximum Gasteiger partial charge on any atom is 0.255 e. The lowest BCUT2D eigenvalue weighted by atomic mass is 9.74. The molecule has 0 bridgehead atoms. The predicted molar refractivity (Wildman–Crippen MR) is 115 cm³/mol. The summed E-state index contributed by atoms with van der Waals surface area (Å²) in [7, 11) is 0. The number of rotatable bonds is 9. The zero-order chi connectivity index (χ0) is 21.5. The summed E-state index contributed by atoms with van der Waals surface area (Å²) >= 11 is 0. The molecule has 2 aromatic rings. The van der Waals surface area contributed by atoms with Crippen LogP contribution in [0.2, 0.25) is 0 Å². The van der Waals surface area contributed by atoms with Gasteiger partial charge in [0.2, 0.25) is 6.79 Å². The summed E-state index contributed by atoms with van der Waals surface area (Å²) < 4.78 is 27.7. The van der Waals surface area contributed by atoms with Crippen molar-refractivity contribution in [2.45, 2.75) is 25.2 Å². The summed E-state index contributed by atoms with van der Waals surface area (Å²) in [6.07, 6.45) is 1.64. The van der Waals surface area contributed by atoms with Gasteiger partial charge in [-0.15, -0.1) is 0 Å². The van der Waals surface area contributed by atoms with Gasteiger partial charge in [-0.25, -0.2) is 0 Å². The van der Waals surface area contributed by atoms with Crippen molar-refractivity contribution < 1.29 is 28.5 Å². The maximum atomic E-state index is 13.1. The average molecular weight is 427 g/mol. The van der Waals surface area contributed by atoms with Gasteiger partial charge in [0.05, 0.1) is 12.2 Å². The Bertz CT molecular complexity index is 893. The summed E-state index contributed by atoms with van der Waals surface area (Å²) in [5.41, 5.74) is 1.42. The molecule has 7 heteroatoms. The van der Waals surface area contributed by atoms with Crippen LogP contribution in [-0.4, -0.2) is 52.3 Å². The zero-order valence-corrected chi connectivity index (χ0v) is 17.9. The van der Waals surface area contributed by atoms with Crippen LogP contribution in [0, 0.1) is 0 Å². The van der Waals surface area contributed by atoms with Gasteiger partial charge in [-0.3, -0.25) is 4.79 Å². The highest BCUT2D eigenvalue weighted by Gasteiger charge is 2.36. The summed E-state index contributed by atoms with van der Waals surface area (Å²) in [6.45, 7) is 5.51. The van der Waals surface area contributed by atoms with Crippen LogP contribution in [0.15, 0.2) is 42.5 Å². The maximum absolute atomic E-state index is 13.1. The van der Waals surface area contributed by atoms with E-state index >= 15 is 0 Å². The van der Waals surface area contributed by atoms with E-state index in [0.717, 1.165) is 29.9 Å². The molecule has 1 saturated heterocycles. The third-order valence-electron chi connectivity index (χ3n) is 5.84. The second kappa shape index (κ2) is 10.0. The van der Waals surface area contributed by atoms with E-state index in [1.807, 2.05) is 37.3 Å². The van der Waals surface area contributed by atoms with E-state index in [9.17, 15) is 4.79 Å². The quantitative estimate of drug-likeness (QED) is 0.619. The van der Waals surface area contributed by atoms with Crippen LogP contribution in [-0.2, 0) is 14.9 Å². The van der Waals surface area contributed by atoms with E-state index in [0.29, 0.717) is 50.9 Å². The molecule has 0 spiro atoms. The fraction of sp³-hybridized carbons (Fsp3) is 0.458. The smallest absolute Gasteiger partial charge is 0.255 e. The Hall–Kier alpha value is -2.77. The number of carbonyl (C=O) groups is 1. The van der Waals surface area contributed by atoms with Crippen molar-refractivity contribution in [2.24, 2.45) is 0 Å². The molecule has 2 aromatic carbocycles. The van der Waals surface area contributed by atoms with E-state index in [1.54, 1.807) is 6.07 Å². The van der Waals surface area contributed by atoms with Crippen LogP contribution in [0.4, 0.5) is 0 Å². The third-order valence-corrected chi connectivity index (χ3v) is 5.84. The topological polar surface area (TPSA) is 75.3 Å². The minimum absolute atomic E-state index is 0.154. The Labute approximate surface area is 182 Å². The van der Waals surface area contributed by atoms with Crippen LogP contribution in [0.3, 0.4) is 0 Å². The number of fused-ring (bicyclic) bond motifs is 1. The highest BCUT2D eigenvalue weighted by Crippen LogP contribution is 2.40. The van der Waals surface area contributed by atoms with Crippen LogP contribution in [0.5, 0.6) is 17.2 Å². The van der Waals surface area contributed by atoms with Crippen LogP contribution < -0.4 is 19.5 Å². The number of amides is 1. The molecule has 0 unspecified atom stereocenters. The Kier molecular flexibility index (Phi) is 6.94. The van der Waals surface area contributed by atoms with Gasteiger partial charge in [-0.2, -0.15) is 0 Å². The minimum Gasteiger partial charge on any atom is -0.490 e. The third kappa shape index (κ3) is 4.94. The molecule has 1 fully saturated rings. The summed E-state index contributed by atoms with van der Waals surface area (Å²) in [4.78, 5) is 13.1. The molecule has 0 atom stereocenters. The largest absolute Gasteiger partial charge is 0.490 e. The van der Waals surface area contributed by atoms with Gasteiger partial charge in [-0.05, 0) is 49.6 Å². The SMILES string of the molecule is CCOCCOc1ccccc1C(=O)NCC1(c2ccc3c(c2)OCO3)CCOCC1. The lowest BCUT2D eigenvalue weighted by Crippen LogP contribution is -2.44. The molecule has 2 aliphatic heterocycles. The molecule has 31 heavy (non-hydrogen) atoms. The molecule has 0 saturated carbocycles. The van der Waals surface area contributed by atoms with E-state index in [1.165, 1.54) is 0 Å². The van der Waals surface area contributed by atoms with Crippen molar-refractivity contribution in [3.8, 4) is 17.2 Å². The van der Waals surface area contributed by atoms with E-state index in [4.69, 9.17) is 23.7 Å². The molecule has 2 heterocycles. The first-order valence-corrected chi connectivity index (χ1v) is 10.8. The van der Waals surface area contributed by atoms with Gasteiger partial charge in [0.1, 0.15) is 12.4 Å². The number of benzene rings is 2. The number of nitrogens with one attached hydrogen (secondary N) is 1. The molecule has 0 radical (unpaired) electrons. The molecule has 1 amide bonds. The summed E-state index contributed by atoms with van der Waals surface area (Å²) in [5, 5.41) is 3.14. The first kappa shape index (κ1) is 21.5. The van der Waals surface area contributed by atoms with E-state index in [2.05, 4.69) is 11.4 Å². The molecule has 1 N–H and O–H groups in total. The van der Waals surface area contributed by atoms with Crippen molar-refractivity contribution in [3.05, 3.63) is 53.6 Å². The van der Waals surface area contributed by atoms with Crippen molar-refractivity contribution in [1.29, 1.82) is 0 Å². The molecule has 4 rings (SSSR count). The Morgan fingerprint density at radius 1 is 1.06 bits per heavy atom. The van der Waals surface area contributed by atoms with Gasteiger partial charge in [0.15, 0.2) is 11.5 Å². The van der Waals surface area contributed by atoms with Crippen molar-refractivity contribution in [2.75, 3.05) is 46.4 Å². The molecule has 166 valence electrons. The van der Waals surface area contributed by atoms with Gasteiger partial charge >= 0.3 is 0 Å². The average Bonchev–Trinajstić information content (AvgIpc) is 3.29. The normalized spacial score (nSPS) is 16.7. The van der Waals surface area contributed by atoms with E-state index in [-0.39, 0.29) is 18.1 Å². The number of hydrogen-bond donors (Lipinski definition) is 1. The first-order valence-electron chi connectivity index (χ1n) is 10.8. The van der Waals surface area contributed by atoms with Crippen molar-refractivity contribution in [3.63, 3.8) is 0 Å². The highest BCUT2D eigenvalue weighted by atomic mass is 16.7. The fourth-order valence-corrected chi connectivity index (χ4v) is 4.04. The number of ether oxygens (including phenoxy) is 5. The molecular weight excluding hydrogens is 398 g/mol. The molecule has 2 aliphatic rings. The van der Waals surface area contributed by atoms with Gasteiger partial charge in [-0.1, -0.05) is 18.2 Å². The zero-order valence-electron chi connectivity index (χ0n) is 17.9. The number of para-hydroxylation sites is 1. The second-order valence-electron chi connectivity index (χ2n) is 7.68.